The van der Waals surface area contributed by atoms with E-state index in [0.717, 1.165) is 0 Å². The minimum atomic E-state index is -0.427. The Hall–Kier alpha value is -1.85. The molecule has 0 spiro atoms. The van der Waals surface area contributed by atoms with Crippen LogP contribution in [0.1, 0.15) is 12.2 Å². The molecule has 1 aromatic heterocycles. The minimum absolute atomic E-state index is 0.0739. The number of hydrogen-bond acceptors (Lipinski definition) is 4. The summed E-state index contributed by atoms with van der Waals surface area (Å²) in [5.74, 6) is -0.271. The average Bonchev–Trinajstić information content (AvgIpc) is 2.77. The summed E-state index contributed by atoms with van der Waals surface area (Å²) in [4.78, 5) is 27.7. The van der Waals surface area contributed by atoms with Crippen molar-refractivity contribution in [3.05, 3.63) is 18.4 Å². The molecular weight excluding hydrogens is 198 g/mol. The van der Waals surface area contributed by atoms with Crippen molar-refractivity contribution in [3.8, 4) is 0 Å². The number of amides is 2. The van der Waals surface area contributed by atoms with E-state index in [0.29, 0.717) is 18.8 Å². The molecule has 6 nitrogen and oxygen atoms in total. The van der Waals surface area contributed by atoms with Gasteiger partial charge in [0.1, 0.15) is 5.76 Å². The van der Waals surface area contributed by atoms with Gasteiger partial charge in [0, 0.05) is 13.0 Å². The number of likely N-dealkylation sites (tertiary alicyclic amines) is 1. The molecule has 1 atom stereocenters. The van der Waals surface area contributed by atoms with Gasteiger partial charge in [0.2, 0.25) is 11.8 Å². The van der Waals surface area contributed by atoms with Crippen LogP contribution >= 0.6 is 0 Å². The van der Waals surface area contributed by atoms with E-state index >= 15 is 0 Å². The highest BCUT2D eigenvalue weighted by atomic mass is 16.3. The molecule has 2 amide bonds. The lowest BCUT2D eigenvalue weighted by molar-refractivity contribution is -0.129. The lowest BCUT2D eigenvalue weighted by atomic mass is 10.1. The molecule has 1 aliphatic rings. The quantitative estimate of drug-likeness (QED) is 0.727. The molecule has 0 bridgehead atoms. The number of nitrogens with two attached hydrogens (primary N) is 1. The molecule has 0 aromatic carbocycles. The Kier molecular flexibility index (Phi) is 2.40. The van der Waals surface area contributed by atoms with Crippen LogP contribution in [0.25, 0.3) is 0 Å². The van der Waals surface area contributed by atoms with E-state index in [2.05, 4.69) is 4.98 Å². The van der Waals surface area contributed by atoms with Crippen LogP contribution in [0.2, 0.25) is 0 Å². The number of aromatic nitrogens is 1. The van der Waals surface area contributed by atoms with Crippen molar-refractivity contribution in [2.45, 2.75) is 13.0 Å². The Balaban J connectivity index is 2.00. The second-order valence-corrected chi connectivity index (χ2v) is 3.55. The number of carbonyl (C=O) groups is 2. The van der Waals surface area contributed by atoms with Crippen LogP contribution in [-0.4, -0.2) is 28.2 Å². The largest absolute Gasteiger partial charge is 0.447 e. The summed E-state index contributed by atoms with van der Waals surface area (Å²) in [6.07, 6.45) is 3.05. The van der Waals surface area contributed by atoms with Gasteiger partial charge >= 0.3 is 0 Å². The fraction of sp³-hybridized carbons (Fsp3) is 0.444. The lowest BCUT2D eigenvalue weighted by Gasteiger charge is -2.13. The minimum Gasteiger partial charge on any atom is -0.447 e. The highest BCUT2D eigenvalue weighted by molar-refractivity contribution is 5.88. The van der Waals surface area contributed by atoms with Crippen molar-refractivity contribution >= 4 is 11.8 Å². The highest BCUT2D eigenvalue weighted by Crippen LogP contribution is 2.19. The Morgan fingerprint density at radius 1 is 1.73 bits per heavy atom. The standard InChI is InChI=1S/C9H11N3O3/c10-9(14)6-1-8(13)12(3-6)4-7-2-11-5-15-7/h2,5-6H,1,3-4H2,(H2,10,14). The topological polar surface area (TPSA) is 89.4 Å². The smallest absolute Gasteiger partial charge is 0.223 e. The van der Waals surface area contributed by atoms with Gasteiger partial charge in [-0.25, -0.2) is 4.98 Å². The molecule has 2 rings (SSSR count). The van der Waals surface area contributed by atoms with Crippen molar-refractivity contribution in [2.24, 2.45) is 11.7 Å². The third kappa shape index (κ3) is 1.98. The Morgan fingerprint density at radius 3 is 3.07 bits per heavy atom. The number of carbonyl (C=O) groups excluding carboxylic acids is 2. The average molecular weight is 209 g/mol. The van der Waals surface area contributed by atoms with E-state index < -0.39 is 5.91 Å². The number of rotatable bonds is 3. The van der Waals surface area contributed by atoms with E-state index in [1.54, 1.807) is 11.1 Å². The van der Waals surface area contributed by atoms with E-state index in [-0.39, 0.29) is 18.2 Å². The van der Waals surface area contributed by atoms with Crippen molar-refractivity contribution in [3.63, 3.8) is 0 Å². The molecule has 2 heterocycles. The maximum absolute atomic E-state index is 11.5. The van der Waals surface area contributed by atoms with Gasteiger partial charge in [-0.2, -0.15) is 0 Å². The van der Waals surface area contributed by atoms with E-state index in [4.69, 9.17) is 10.2 Å². The van der Waals surface area contributed by atoms with Gasteiger partial charge in [-0.05, 0) is 0 Å². The van der Waals surface area contributed by atoms with Crippen LogP contribution in [-0.2, 0) is 16.1 Å². The number of oxazole rings is 1. The Morgan fingerprint density at radius 2 is 2.53 bits per heavy atom. The lowest BCUT2D eigenvalue weighted by Crippen LogP contribution is -2.28. The molecule has 1 unspecified atom stereocenters. The van der Waals surface area contributed by atoms with Crippen molar-refractivity contribution in [2.75, 3.05) is 6.54 Å². The summed E-state index contributed by atoms with van der Waals surface area (Å²) in [6.45, 7) is 0.720. The number of nitrogens with zero attached hydrogens (tertiary/aromatic N) is 2. The van der Waals surface area contributed by atoms with Crippen molar-refractivity contribution in [1.29, 1.82) is 0 Å². The third-order valence-corrected chi connectivity index (χ3v) is 2.45. The first-order valence-electron chi connectivity index (χ1n) is 4.61. The van der Waals surface area contributed by atoms with Gasteiger partial charge in [-0.3, -0.25) is 9.59 Å². The molecule has 2 N–H and O–H groups in total. The molecule has 1 aliphatic heterocycles. The summed E-state index contributed by atoms with van der Waals surface area (Å²) < 4.78 is 5.02. The third-order valence-electron chi connectivity index (χ3n) is 2.45. The maximum Gasteiger partial charge on any atom is 0.223 e. The SMILES string of the molecule is NC(=O)C1CC(=O)N(Cc2cnco2)C1. The molecule has 15 heavy (non-hydrogen) atoms. The van der Waals surface area contributed by atoms with Gasteiger partial charge in [0.25, 0.3) is 0 Å². The van der Waals surface area contributed by atoms with Gasteiger partial charge in [0.05, 0.1) is 18.7 Å². The molecule has 6 heteroatoms. The predicted octanol–water partition coefficient (Wildman–Crippen LogP) is -0.492. The van der Waals surface area contributed by atoms with Crippen molar-refractivity contribution < 1.29 is 14.0 Å². The molecule has 0 radical (unpaired) electrons. The molecule has 1 aromatic rings. The second-order valence-electron chi connectivity index (χ2n) is 3.55. The predicted molar refractivity (Wildman–Crippen MR) is 49.2 cm³/mol. The summed E-state index contributed by atoms with van der Waals surface area (Å²) in [6, 6.07) is 0. The summed E-state index contributed by atoms with van der Waals surface area (Å²) >= 11 is 0. The van der Waals surface area contributed by atoms with Crippen LogP contribution in [0.3, 0.4) is 0 Å². The van der Waals surface area contributed by atoms with E-state index in [1.165, 1.54) is 6.39 Å². The molecule has 1 saturated heterocycles. The molecule has 1 fully saturated rings. The zero-order valence-corrected chi connectivity index (χ0v) is 8.05. The van der Waals surface area contributed by atoms with Gasteiger partial charge in [-0.15, -0.1) is 0 Å². The number of hydrogen-bond donors (Lipinski definition) is 1. The van der Waals surface area contributed by atoms with Crippen LogP contribution in [0.5, 0.6) is 0 Å². The highest BCUT2D eigenvalue weighted by Gasteiger charge is 2.33. The molecular formula is C9H11N3O3. The first-order valence-corrected chi connectivity index (χ1v) is 4.61. The van der Waals surface area contributed by atoms with E-state index in [9.17, 15) is 9.59 Å². The number of primary amides is 1. The van der Waals surface area contributed by atoms with Crippen LogP contribution < -0.4 is 5.73 Å². The fourth-order valence-electron chi connectivity index (χ4n) is 1.62. The van der Waals surface area contributed by atoms with Gasteiger partial charge < -0.3 is 15.1 Å². The zero-order chi connectivity index (χ0) is 10.8. The molecule has 0 saturated carbocycles. The maximum atomic E-state index is 11.5. The Labute approximate surface area is 86.1 Å². The monoisotopic (exact) mass is 209 g/mol. The van der Waals surface area contributed by atoms with Crippen LogP contribution in [0.4, 0.5) is 0 Å². The first-order chi connectivity index (χ1) is 7.16. The van der Waals surface area contributed by atoms with Gasteiger partial charge in [-0.1, -0.05) is 0 Å². The second kappa shape index (κ2) is 3.72. The Bertz CT molecular complexity index is 374. The normalized spacial score (nSPS) is 20.9. The summed E-state index contributed by atoms with van der Waals surface area (Å²) in [5.41, 5.74) is 5.14. The molecule has 80 valence electrons. The first kappa shape index (κ1) is 9.70. The van der Waals surface area contributed by atoms with Crippen LogP contribution in [0.15, 0.2) is 17.0 Å². The van der Waals surface area contributed by atoms with Crippen LogP contribution in [0, 0.1) is 5.92 Å². The van der Waals surface area contributed by atoms with Gasteiger partial charge in [0.15, 0.2) is 6.39 Å². The summed E-state index contributed by atoms with van der Waals surface area (Å²) in [5, 5.41) is 0. The zero-order valence-electron chi connectivity index (χ0n) is 8.05. The summed E-state index contributed by atoms with van der Waals surface area (Å²) in [7, 11) is 0. The fourth-order valence-corrected chi connectivity index (χ4v) is 1.62. The van der Waals surface area contributed by atoms with E-state index in [1.807, 2.05) is 0 Å². The molecule has 0 aliphatic carbocycles. The van der Waals surface area contributed by atoms with Crippen molar-refractivity contribution in [1.82, 2.24) is 9.88 Å².